The maximum absolute atomic E-state index is 10.7. The topological polar surface area (TPSA) is 98.1 Å². The second-order valence-corrected chi connectivity index (χ2v) is 7.37. The van der Waals surface area contributed by atoms with Gasteiger partial charge in [-0.15, -0.1) is 0 Å². The van der Waals surface area contributed by atoms with Gasteiger partial charge in [0.15, 0.2) is 0 Å². The van der Waals surface area contributed by atoms with Gasteiger partial charge in [0.05, 0.1) is 5.75 Å². The molecule has 0 unspecified atom stereocenters. The number of likely N-dealkylation sites (tertiary alicyclic amines) is 1. The highest BCUT2D eigenvalue weighted by Gasteiger charge is 2.18. The SMILES string of the molecule is O=S(=O)(O)CCCc1ccc(O)c(CN2CCCCC2)c1O. The van der Waals surface area contributed by atoms with E-state index in [4.69, 9.17) is 4.55 Å². The number of hydrogen-bond acceptors (Lipinski definition) is 5. The summed E-state index contributed by atoms with van der Waals surface area (Å²) in [4.78, 5) is 2.19. The van der Waals surface area contributed by atoms with Gasteiger partial charge in [-0.25, -0.2) is 0 Å². The van der Waals surface area contributed by atoms with E-state index in [1.165, 1.54) is 12.5 Å². The minimum atomic E-state index is -3.99. The number of phenolic OH excluding ortho intramolecular Hbond substituents is 2. The van der Waals surface area contributed by atoms with Gasteiger partial charge < -0.3 is 10.2 Å². The van der Waals surface area contributed by atoms with Crippen LogP contribution in [0.25, 0.3) is 0 Å². The van der Waals surface area contributed by atoms with Crippen molar-refractivity contribution >= 4 is 10.1 Å². The van der Waals surface area contributed by atoms with Crippen molar-refractivity contribution in [3.8, 4) is 11.5 Å². The molecule has 0 bridgehead atoms. The number of nitrogens with zero attached hydrogens (tertiary/aromatic N) is 1. The Hall–Kier alpha value is -1.31. The Morgan fingerprint density at radius 1 is 1.09 bits per heavy atom. The van der Waals surface area contributed by atoms with Crippen molar-refractivity contribution in [2.75, 3.05) is 18.8 Å². The van der Waals surface area contributed by atoms with E-state index in [0.29, 0.717) is 24.1 Å². The maximum atomic E-state index is 10.7. The highest BCUT2D eigenvalue weighted by atomic mass is 32.2. The van der Waals surface area contributed by atoms with Gasteiger partial charge in [0, 0.05) is 12.1 Å². The lowest BCUT2D eigenvalue weighted by Crippen LogP contribution is -2.29. The van der Waals surface area contributed by atoms with Gasteiger partial charge in [-0.1, -0.05) is 12.5 Å². The Bertz CT molecular complexity index is 609. The number of aromatic hydroxyl groups is 2. The van der Waals surface area contributed by atoms with Crippen LogP contribution in [0.15, 0.2) is 12.1 Å². The summed E-state index contributed by atoms with van der Waals surface area (Å²) in [6.07, 6.45) is 4.01. The molecule has 0 spiro atoms. The van der Waals surface area contributed by atoms with Crippen molar-refractivity contribution in [3.63, 3.8) is 0 Å². The zero-order chi connectivity index (χ0) is 16.2. The van der Waals surface area contributed by atoms with E-state index in [9.17, 15) is 18.6 Å². The third kappa shape index (κ3) is 4.86. The summed E-state index contributed by atoms with van der Waals surface area (Å²) in [6, 6.07) is 3.12. The van der Waals surface area contributed by atoms with Crippen LogP contribution < -0.4 is 0 Å². The monoisotopic (exact) mass is 329 g/mol. The van der Waals surface area contributed by atoms with E-state index in [2.05, 4.69) is 4.90 Å². The molecular formula is C15H23NO5S. The molecule has 7 heteroatoms. The largest absolute Gasteiger partial charge is 0.507 e. The Morgan fingerprint density at radius 3 is 2.41 bits per heavy atom. The molecule has 2 rings (SSSR count). The minimum Gasteiger partial charge on any atom is -0.507 e. The van der Waals surface area contributed by atoms with Gasteiger partial charge in [-0.05, 0) is 50.4 Å². The standard InChI is InChI=1S/C15H23NO5S/c17-14-7-6-12(5-4-10-22(19,20)21)15(18)13(14)11-16-8-2-1-3-9-16/h6-7,17-18H,1-5,8-11H2,(H,19,20,21). The normalized spacial score (nSPS) is 16.8. The first-order valence-corrected chi connectivity index (χ1v) is 9.18. The van der Waals surface area contributed by atoms with Crippen LogP contribution in [-0.4, -0.2) is 46.9 Å². The van der Waals surface area contributed by atoms with Crippen LogP contribution in [0, 0.1) is 0 Å². The molecule has 0 atom stereocenters. The Kier molecular flexibility index (Phi) is 5.66. The number of piperidine rings is 1. The first-order chi connectivity index (χ1) is 10.4. The number of phenols is 2. The zero-order valence-electron chi connectivity index (χ0n) is 12.5. The quantitative estimate of drug-likeness (QED) is 0.690. The molecule has 3 N–H and O–H groups in total. The van der Waals surface area contributed by atoms with Crippen molar-refractivity contribution < 1.29 is 23.2 Å². The van der Waals surface area contributed by atoms with Crippen LogP contribution in [0.4, 0.5) is 0 Å². The highest BCUT2D eigenvalue weighted by molar-refractivity contribution is 7.85. The summed E-state index contributed by atoms with van der Waals surface area (Å²) < 4.78 is 30.2. The van der Waals surface area contributed by atoms with Crippen molar-refractivity contribution in [1.82, 2.24) is 4.90 Å². The van der Waals surface area contributed by atoms with Crippen LogP contribution in [0.3, 0.4) is 0 Å². The lowest BCUT2D eigenvalue weighted by atomic mass is 10.0. The van der Waals surface area contributed by atoms with E-state index < -0.39 is 10.1 Å². The van der Waals surface area contributed by atoms with E-state index >= 15 is 0 Å². The van der Waals surface area contributed by atoms with Gasteiger partial charge >= 0.3 is 0 Å². The van der Waals surface area contributed by atoms with E-state index in [1.54, 1.807) is 6.07 Å². The number of rotatable bonds is 6. The minimum absolute atomic E-state index is 0.0286. The van der Waals surface area contributed by atoms with Crippen molar-refractivity contribution in [3.05, 3.63) is 23.3 Å². The smallest absolute Gasteiger partial charge is 0.264 e. The molecule has 1 aromatic carbocycles. The van der Waals surface area contributed by atoms with Crippen LogP contribution in [0.5, 0.6) is 11.5 Å². The van der Waals surface area contributed by atoms with Gasteiger partial charge in [0.2, 0.25) is 0 Å². The van der Waals surface area contributed by atoms with Crippen molar-refractivity contribution in [1.29, 1.82) is 0 Å². The molecule has 0 amide bonds. The molecule has 0 aromatic heterocycles. The Labute approximate surface area is 131 Å². The molecule has 1 aliphatic heterocycles. The first kappa shape index (κ1) is 17.1. The van der Waals surface area contributed by atoms with Crippen LogP contribution in [-0.2, 0) is 23.1 Å². The van der Waals surface area contributed by atoms with E-state index in [1.807, 2.05) is 0 Å². The molecule has 0 aliphatic carbocycles. The second-order valence-electron chi connectivity index (χ2n) is 5.80. The molecule has 1 aromatic rings. The van der Waals surface area contributed by atoms with Crippen LogP contribution >= 0.6 is 0 Å². The fraction of sp³-hybridized carbons (Fsp3) is 0.600. The van der Waals surface area contributed by atoms with Crippen molar-refractivity contribution in [2.24, 2.45) is 0 Å². The van der Waals surface area contributed by atoms with Gasteiger partial charge in [-0.3, -0.25) is 9.45 Å². The average Bonchev–Trinajstić information content (AvgIpc) is 2.46. The number of benzene rings is 1. The number of aryl methyl sites for hydroxylation is 1. The van der Waals surface area contributed by atoms with E-state index in [0.717, 1.165) is 25.9 Å². The molecule has 1 saturated heterocycles. The predicted octanol–water partition coefficient (Wildman–Crippen LogP) is 1.90. The Balaban J connectivity index is 2.07. The predicted molar refractivity (Wildman–Crippen MR) is 83.6 cm³/mol. The van der Waals surface area contributed by atoms with Crippen molar-refractivity contribution in [2.45, 2.75) is 38.6 Å². The Morgan fingerprint density at radius 2 is 1.77 bits per heavy atom. The molecule has 1 aliphatic rings. The summed E-state index contributed by atoms with van der Waals surface area (Å²) in [6.45, 7) is 2.39. The molecule has 124 valence electrons. The third-order valence-electron chi connectivity index (χ3n) is 4.02. The molecule has 0 radical (unpaired) electrons. The zero-order valence-corrected chi connectivity index (χ0v) is 13.3. The second kappa shape index (κ2) is 7.30. The summed E-state index contributed by atoms with van der Waals surface area (Å²) in [5.41, 5.74) is 1.08. The average molecular weight is 329 g/mol. The summed E-state index contributed by atoms with van der Waals surface area (Å²) >= 11 is 0. The fourth-order valence-corrected chi connectivity index (χ4v) is 3.33. The summed E-state index contributed by atoms with van der Waals surface area (Å²) in [5, 5.41) is 20.3. The number of hydrogen-bond donors (Lipinski definition) is 3. The van der Waals surface area contributed by atoms with Gasteiger partial charge in [0.25, 0.3) is 10.1 Å². The molecular weight excluding hydrogens is 306 g/mol. The van der Waals surface area contributed by atoms with E-state index in [-0.39, 0.29) is 23.7 Å². The summed E-state index contributed by atoms with van der Waals surface area (Å²) in [7, 11) is -3.99. The molecule has 6 nitrogen and oxygen atoms in total. The fourth-order valence-electron chi connectivity index (χ4n) is 2.82. The molecule has 0 saturated carbocycles. The lowest BCUT2D eigenvalue weighted by molar-refractivity contribution is 0.216. The summed E-state index contributed by atoms with van der Waals surface area (Å²) in [5.74, 6) is -0.253. The molecule has 1 fully saturated rings. The molecule has 1 heterocycles. The third-order valence-corrected chi connectivity index (χ3v) is 4.82. The van der Waals surface area contributed by atoms with Crippen LogP contribution in [0.2, 0.25) is 0 Å². The first-order valence-electron chi connectivity index (χ1n) is 7.57. The van der Waals surface area contributed by atoms with Gasteiger partial charge in [-0.2, -0.15) is 8.42 Å². The maximum Gasteiger partial charge on any atom is 0.264 e. The van der Waals surface area contributed by atoms with Crippen LogP contribution in [0.1, 0.15) is 36.8 Å². The highest BCUT2D eigenvalue weighted by Crippen LogP contribution is 2.33. The van der Waals surface area contributed by atoms with Gasteiger partial charge in [0.1, 0.15) is 11.5 Å². The molecule has 22 heavy (non-hydrogen) atoms. The lowest BCUT2D eigenvalue weighted by Gasteiger charge is -2.27.